The van der Waals surface area contributed by atoms with Crippen LogP contribution in [0.5, 0.6) is 0 Å². The first-order valence-corrected chi connectivity index (χ1v) is 6.70. The SMILES string of the molecule is O=C(CC1CCCCC1)NCCCCCO. The predicted molar refractivity (Wildman–Crippen MR) is 65.1 cm³/mol. The summed E-state index contributed by atoms with van der Waals surface area (Å²) >= 11 is 0. The van der Waals surface area contributed by atoms with Gasteiger partial charge >= 0.3 is 0 Å². The molecule has 1 rings (SSSR count). The molecule has 0 saturated heterocycles. The molecule has 16 heavy (non-hydrogen) atoms. The highest BCUT2D eigenvalue weighted by atomic mass is 16.2. The summed E-state index contributed by atoms with van der Waals surface area (Å²) in [7, 11) is 0. The Morgan fingerprint density at radius 1 is 1.12 bits per heavy atom. The van der Waals surface area contributed by atoms with Crippen molar-refractivity contribution in [3.05, 3.63) is 0 Å². The van der Waals surface area contributed by atoms with E-state index < -0.39 is 0 Å². The largest absolute Gasteiger partial charge is 0.396 e. The van der Waals surface area contributed by atoms with Gasteiger partial charge < -0.3 is 10.4 Å². The summed E-state index contributed by atoms with van der Waals surface area (Å²) in [5.41, 5.74) is 0. The van der Waals surface area contributed by atoms with Crippen molar-refractivity contribution >= 4 is 5.91 Å². The number of aliphatic hydroxyl groups is 1. The summed E-state index contributed by atoms with van der Waals surface area (Å²) in [6, 6.07) is 0. The quantitative estimate of drug-likeness (QED) is 0.655. The molecule has 0 aromatic heterocycles. The molecule has 0 bridgehead atoms. The Hall–Kier alpha value is -0.570. The van der Waals surface area contributed by atoms with Crippen molar-refractivity contribution in [1.29, 1.82) is 0 Å². The lowest BCUT2D eigenvalue weighted by Gasteiger charge is -2.20. The lowest BCUT2D eigenvalue weighted by Crippen LogP contribution is -2.27. The number of nitrogens with one attached hydrogen (secondary N) is 1. The Morgan fingerprint density at radius 2 is 1.88 bits per heavy atom. The van der Waals surface area contributed by atoms with Crippen LogP contribution in [0.3, 0.4) is 0 Å². The molecule has 2 N–H and O–H groups in total. The normalized spacial score (nSPS) is 17.3. The number of hydrogen-bond donors (Lipinski definition) is 2. The predicted octanol–water partition coefficient (Wildman–Crippen LogP) is 2.24. The minimum Gasteiger partial charge on any atom is -0.396 e. The molecule has 0 heterocycles. The zero-order chi connectivity index (χ0) is 11.6. The van der Waals surface area contributed by atoms with Gasteiger partial charge in [0.15, 0.2) is 0 Å². The van der Waals surface area contributed by atoms with Gasteiger partial charge in [-0.3, -0.25) is 4.79 Å². The summed E-state index contributed by atoms with van der Waals surface area (Å²) in [6.45, 7) is 1.03. The maximum absolute atomic E-state index is 11.6. The van der Waals surface area contributed by atoms with Crippen molar-refractivity contribution in [3.63, 3.8) is 0 Å². The molecule has 0 spiro atoms. The van der Waals surface area contributed by atoms with Crippen LogP contribution in [-0.2, 0) is 4.79 Å². The standard InChI is InChI=1S/C13H25NO2/c15-10-6-2-5-9-14-13(16)11-12-7-3-1-4-8-12/h12,15H,1-11H2,(H,14,16). The smallest absolute Gasteiger partial charge is 0.220 e. The number of rotatable bonds is 7. The second-order valence-electron chi connectivity index (χ2n) is 4.84. The van der Waals surface area contributed by atoms with E-state index in [9.17, 15) is 4.79 Å². The van der Waals surface area contributed by atoms with E-state index in [2.05, 4.69) is 5.32 Å². The van der Waals surface area contributed by atoms with Gasteiger partial charge in [-0.15, -0.1) is 0 Å². The van der Waals surface area contributed by atoms with Gasteiger partial charge in [0.25, 0.3) is 0 Å². The Labute approximate surface area is 98.6 Å². The Morgan fingerprint density at radius 3 is 2.56 bits per heavy atom. The molecular formula is C13H25NO2. The number of carbonyl (C=O) groups excluding carboxylic acids is 1. The molecule has 3 nitrogen and oxygen atoms in total. The average molecular weight is 227 g/mol. The van der Waals surface area contributed by atoms with Gasteiger partial charge in [-0.25, -0.2) is 0 Å². The van der Waals surface area contributed by atoms with Gasteiger partial charge in [0, 0.05) is 19.6 Å². The number of amides is 1. The molecule has 0 aliphatic heterocycles. The van der Waals surface area contributed by atoms with Crippen molar-refractivity contribution < 1.29 is 9.90 Å². The van der Waals surface area contributed by atoms with Crippen LogP contribution in [0.15, 0.2) is 0 Å². The topological polar surface area (TPSA) is 49.3 Å². The van der Waals surface area contributed by atoms with Crippen LogP contribution >= 0.6 is 0 Å². The van der Waals surface area contributed by atoms with Gasteiger partial charge in [-0.05, 0) is 38.0 Å². The fourth-order valence-corrected chi connectivity index (χ4v) is 2.37. The van der Waals surface area contributed by atoms with Crippen LogP contribution in [0.4, 0.5) is 0 Å². The lowest BCUT2D eigenvalue weighted by molar-refractivity contribution is -0.122. The highest BCUT2D eigenvalue weighted by Gasteiger charge is 2.16. The highest BCUT2D eigenvalue weighted by Crippen LogP contribution is 2.25. The Balaban J connectivity index is 1.97. The molecule has 1 saturated carbocycles. The van der Waals surface area contributed by atoms with Crippen LogP contribution in [-0.4, -0.2) is 24.2 Å². The van der Waals surface area contributed by atoms with E-state index in [1.807, 2.05) is 0 Å². The van der Waals surface area contributed by atoms with Crippen LogP contribution in [0.2, 0.25) is 0 Å². The van der Waals surface area contributed by atoms with E-state index in [-0.39, 0.29) is 12.5 Å². The first kappa shape index (κ1) is 13.5. The fraction of sp³-hybridized carbons (Fsp3) is 0.923. The molecule has 0 unspecified atom stereocenters. The third-order valence-corrected chi connectivity index (χ3v) is 3.36. The maximum Gasteiger partial charge on any atom is 0.220 e. The molecule has 0 aromatic rings. The molecule has 1 aliphatic rings. The van der Waals surface area contributed by atoms with Crippen molar-refractivity contribution in [2.24, 2.45) is 5.92 Å². The van der Waals surface area contributed by atoms with E-state index in [1.54, 1.807) is 0 Å². The van der Waals surface area contributed by atoms with Crippen molar-refractivity contribution in [1.82, 2.24) is 5.32 Å². The van der Waals surface area contributed by atoms with Crippen LogP contribution < -0.4 is 5.32 Å². The Bertz CT molecular complexity index is 188. The van der Waals surface area contributed by atoms with Crippen LogP contribution in [0.1, 0.15) is 57.8 Å². The van der Waals surface area contributed by atoms with E-state index >= 15 is 0 Å². The van der Waals surface area contributed by atoms with Gasteiger partial charge in [0.1, 0.15) is 0 Å². The van der Waals surface area contributed by atoms with Crippen LogP contribution in [0, 0.1) is 5.92 Å². The van der Waals surface area contributed by atoms with Crippen LogP contribution in [0.25, 0.3) is 0 Å². The number of hydrogen-bond acceptors (Lipinski definition) is 2. The molecule has 0 aromatic carbocycles. The summed E-state index contributed by atoms with van der Waals surface area (Å²) in [5, 5.41) is 11.6. The minimum atomic E-state index is 0.218. The zero-order valence-electron chi connectivity index (χ0n) is 10.2. The first-order chi connectivity index (χ1) is 7.83. The molecular weight excluding hydrogens is 202 g/mol. The zero-order valence-corrected chi connectivity index (χ0v) is 10.2. The van der Waals surface area contributed by atoms with Gasteiger partial charge in [-0.1, -0.05) is 19.3 Å². The molecule has 0 atom stereocenters. The van der Waals surface area contributed by atoms with E-state index in [1.165, 1.54) is 32.1 Å². The second kappa shape index (κ2) is 8.57. The van der Waals surface area contributed by atoms with Crippen molar-refractivity contribution in [2.75, 3.05) is 13.2 Å². The third-order valence-electron chi connectivity index (χ3n) is 3.36. The summed E-state index contributed by atoms with van der Waals surface area (Å²) in [6.07, 6.45) is 9.97. The van der Waals surface area contributed by atoms with Gasteiger partial charge in [0.2, 0.25) is 5.91 Å². The average Bonchev–Trinajstić information content (AvgIpc) is 2.30. The van der Waals surface area contributed by atoms with E-state index in [4.69, 9.17) is 5.11 Å². The summed E-state index contributed by atoms with van der Waals surface area (Å²) < 4.78 is 0. The van der Waals surface area contributed by atoms with Gasteiger partial charge in [-0.2, -0.15) is 0 Å². The van der Waals surface area contributed by atoms with Crippen molar-refractivity contribution in [2.45, 2.75) is 57.8 Å². The van der Waals surface area contributed by atoms with E-state index in [0.717, 1.165) is 32.2 Å². The highest BCUT2D eigenvalue weighted by molar-refractivity contribution is 5.76. The number of aliphatic hydroxyl groups excluding tert-OH is 1. The molecule has 1 aliphatic carbocycles. The first-order valence-electron chi connectivity index (χ1n) is 6.70. The summed E-state index contributed by atoms with van der Waals surface area (Å²) in [5.74, 6) is 0.849. The second-order valence-corrected chi connectivity index (χ2v) is 4.84. The fourth-order valence-electron chi connectivity index (χ4n) is 2.37. The molecule has 94 valence electrons. The monoisotopic (exact) mass is 227 g/mol. The molecule has 3 heteroatoms. The Kier molecular flexibility index (Phi) is 7.23. The number of unbranched alkanes of at least 4 members (excludes halogenated alkanes) is 2. The third kappa shape index (κ3) is 6.11. The van der Waals surface area contributed by atoms with E-state index in [0.29, 0.717) is 5.92 Å². The van der Waals surface area contributed by atoms with Crippen molar-refractivity contribution in [3.8, 4) is 0 Å². The molecule has 1 fully saturated rings. The van der Waals surface area contributed by atoms with Gasteiger partial charge in [0.05, 0.1) is 0 Å². The summed E-state index contributed by atoms with van der Waals surface area (Å²) in [4.78, 5) is 11.6. The minimum absolute atomic E-state index is 0.218. The maximum atomic E-state index is 11.6. The molecule has 1 amide bonds. The molecule has 0 radical (unpaired) electrons. The number of carbonyl (C=O) groups is 1. The lowest BCUT2D eigenvalue weighted by atomic mass is 9.87.